The maximum Gasteiger partial charge on any atom is 0.337 e. The molecule has 0 unspecified atom stereocenters. The number of sulfone groups is 1. The third-order valence-corrected chi connectivity index (χ3v) is 3.48. The molecular weight excluding hydrogens is 288 g/mol. The molecular formula is C11H14N2O6S. The van der Waals surface area contributed by atoms with E-state index in [0.717, 1.165) is 24.5 Å². The van der Waals surface area contributed by atoms with Crippen LogP contribution in [0, 0.1) is 10.1 Å². The fourth-order valence-corrected chi connectivity index (χ4v) is 2.20. The van der Waals surface area contributed by atoms with Gasteiger partial charge in [0.05, 0.1) is 21.9 Å². The summed E-state index contributed by atoms with van der Waals surface area (Å²) in [4.78, 5) is 21.0. The van der Waals surface area contributed by atoms with E-state index in [0.29, 0.717) is 0 Å². The van der Waals surface area contributed by atoms with E-state index >= 15 is 0 Å². The summed E-state index contributed by atoms with van der Waals surface area (Å²) < 4.78 is 21.9. The molecule has 0 aliphatic heterocycles. The summed E-state index contributed by atoms with van der Waals surface area (Å²) in [7, 11) is -3.09. The number of nitro benzene ring substituents is 1. The fraction of sp³-hybridized carbons (Fsp3) is 0.364. The van der Waals surface area contributed by atoms with E-state index in [2.05, 4.69) is 5.32 Å². The van der Waals surface area contributed by atoms with Crippen LogP contribution in [0.25, 0.3) is 0 Å². The molecule has 0 atom stereocenters. The number of rotatable bonds is 7. The summed E-state index contributed by atoms with van der Waals surface area (Å²) in [6, 6.07) is 3.36. The van der Waals surface area contributed by atoms with Crippen LogP contribution >= 0.6 is 0 Å². The third kappa shape index (κ3) is 4.84. The summed E-state index contributed by atoms with van der Waals surface area (Å²) in [5, 5.41) is 22.3. The molecule has 2 N–H and O–H groups in total. The Kier molecular flexibility index (Phi) is 5.03. The van der Waals surface area contributed by atoms with Gasteiger partial charge in [-0.25, -0.2) is 13.2 Å². The zero-order valence-electron chi connectivity index (χ0n) is 10.7. The average molecular weight is 302 g/mol. The first-order chi connectivity index (χ1) is 9.20. The van der Waals surface area contributed by atoms with Gasteiger partial charge < -0.3 is 10.4 Å². The van der Waals surface area contributed by atoms with Crippen molar-refractivity contribution in [2.75, 3.05) is 23.9 Å². The highest BCUT2D eigenvalue weighted by molar-refractivity contribution is 7.90. The van der Waals surface area contributed by atoms with Crippen LogP contribution in [0.2, 0.25) is 0 Å². The number of nitrogens with zero attached hydrogens (tertiary/aromatic N) is 1. The summed E-state index contributed by atoms with van der Waals surface area (Å²) in [6.07, 6.45) is 1.38. The van der Waals surface area contributed by atoms with Gasteiger partial charge in [-0.3, -0.25) is 10.1 Å². The van der Waals surface area contributed by atoms with Crippen molar-refractivity contribution in [2.24, 2.45) is 0 Å². The number of nitro groups is 1. The second-order valence-corrected chi connectivity index (χ2v) is 6.46. The Bertz CT molecular complexity index is 626. The van der Waals surface area contributed by atoms with Gasteiger partial charge in [-0.15, -0.1) is 0 Å². The molecule has 0 fully saturated rings. The number of carboxylic acids is 1. The Balaban J connectivity index is 2.83. The van der Waals surface area contributed by atoms with Crippen LogP contribution in [0.4, 0.5) is 11.4 Å². The van der Waals surface area contributed by atoms with Gasteiger partial charge >= 0.3 is 5.97 Å². The Hall–Kier alpha value is -2.16. The Morgan fingerprint density at radius 2 is 2.10 bits per heavy atom. The highest BCUT2D eigenvalue weighted by Crippen LogP contribution is 2.22. The number of carbonyl (C=O) groups is 1. The number of hydrogen-bond donors (Lipinski definition) is 2. The SMILES string of the molecule is CS(=O)(=O)CCCNc1cc([N+](=O)[O-])ccc1C(=O)O. The van der Waals surface area contributed by atoms with E-state index in [1.807, 2.05) is 0 Å². The molecule has 0 aliphatic carbocycles. The van der Waals surface area contributed by atoms with Gasteiger partial charge in [-0.2, -0.15) is 0 Å². The summed E-state index contributed by atoms with van der Waals surface area (Å²) in [5.74, 6) is -1.26. The Morgan fingerprint density at radius 3 is 2.60 bits per heavy atom. The van der Waals surface area contributed by atoms with Crippen LogP contribution in [0.5, 0.6) is 0 Å². The normalized spacial score (nSPS) is 11.1. The van der Waals surface area contributed by atoms with Crippen molar-refractivity contribution in [3.63, 3.8) is 0 Å². The van der Waals surface area contributed by atoms with E-state index in [-0.39, 0.29) is 35.7 Å². The lowest BCUT2D eigenvalue weighted by Gasteiger charge is -2.09. The van der Waals surface area contributed by atoms with Crippen molar-refractivity contribution < 1.29 is 23.2 Å². The van der Waals surface area contributed by atoms with Gasteiger partial charge in [0.2, 0.25) is 0 Å². The number of nitrogens with one attached hydrogen (secondary N) is 1. The quantitative estimate of drug-likeness (QED) is 0.439. The molecule has 110 valence electrons. The topological polar surface area (TPSA) is 127 Å². The Morgan fingerprint density at radius 1 is 1.45 bits per heavy atom. The van der Waals surface area contributed by atoms with Crippen LogP contribution in [0.15, 0.2) is 18.2 Å². The molecule has 0 saturated carbocycles. The summed E-state index contributed by atoms with van der Waals surface area (Å²) in [6.45, 7) is 0.203. The molecule has 1 rings (SSSR count). The van der Waals surface area contributed by atoms with Crippen LogP contribution in [0.3, 0.4) is 0 Å². The fourth-order valence-electron chi connectivity index (χ4n) is 1.54. The molecule has 20 heavy (non-hydrogen) atoms. The number of hydrogen-bond acceptors (Lipinski definition) is 6. The van der Waals surface area contributed by atoms with Crippen molar-refractivity contribution in [3.05, 3.63) is 33.9 Å². The van der Waals surface area contributed by atoms with Crippen molar-refractivity contribution in [1.82, 2.24) is 0 Å². The monoisotopic (exact) mass is 302 g/mol. The predicted octanol–water partition coefficient (Wildman–Crippen LogP) is 1.14. The average Bonchev–Trinajstić information content (AvgIpc) is 2.33. The van der Waals surface area contributed by atoms with Crippen molar-refractivity contribution in [3.8, 4) is 0 Å². The third-order valence-electron chi connectivity index (χ3n) is 2.45. The lowest BCUT2D eigenvalue weighted by molar-refractivity contribution is -0.384. The minimum absolute atomic E-state index is 0.0443. The van der Waals surface area contributed by atoms with Gasteiger partial charge in [0.25, 0.3) is 5.69 Å². The molecule has 0 bridgehead atoms. The van der Waals surface area contributed by atoms with E-state index in [1.54, 1.807) is 0 Å². The molecule has 1 aromatic rings. The molecule has 0 aliphatic rings. The first kappa shape index (κ1) is 15.9. The van der Waals surface area contributed by atoms with Gasteiger partial charge in [0, 0.05) is 24.9 Å². The standard InChI is InChI=1S/C11H14N2O6S/c1-20(18,19)6-2-5-12-10-7-8(13(16)17)3-4-9(10)11(14)15/h3-4,7,12H,2,5-6H2,1H3,(H,14,15). The number of anilines is 1. The van der Waals surface area contributed by atoms with Crippen LogP contribution < -0.4 is 5.32 Å². The predicted molar refractivity (Wildman–Crippen MR) is 72.9 cm³/mol. The molecule has 9 heteroatoms. The van der Waals surface area contributed by atoms with E-state index in [9.17, 15) is 23.3 Å². The smallest absolute Gasteiger partial charge is 0.337 e. The number of aromatic carboxylic acids is 1. The molecule has 0 spiro atoms. The largest absolute Gasteiger partial charge is 0.478 e. The van der Waals surface area contributed by atoms with E-state index < -0.39 is 20.7 Å². The van der Waals surface area contributed by atoms with Crippen LogP contribution in [-0.2, 0) is 9.84 Å². The van der Waals surface area contributed by atoms with E-state index in [1.165, 1.54) is 0 Å². The summed E-state index contributed by atoms with van der Waals surface area (Å²) >= 11 is 0. The second kappa shape index (κ2) is 6.33. The lowest BCUT2D eigenvalue weighted by Crippen LogP contribution is -2.12. The van der Waals surface area contributed by atoms with Crippen LogP contribution in [-0.4, -0.2) is 43.0 Å². The maximum atomic E-state index is 11.0. The molecule has 0 heterocycles. The number of carboxylic acid groups (broad SMARTS) is 1. The first-order valence-electron chi connectivity index (χ1n) is 5.64. The van der Waals surface area contributed by atoms with Gasteiger partial charge in [0.1, 0.15) is 9.84 Å². The highest BCUT2D eigenvalue weighted by Gasteiger charge is 2.15. The molecule has 0 amide bonds. The van der Waals surface area contributed by atoms with E-state index in [4.69, 9.17) is 5.11 Å². The van der Waals surface area contributed by atoms with Crippen molar-refractivity contribution >= 4 is 27.2 Å². The zero-order valence-corrected chi connectivity index (χ0v) is 11.5. The lowest BCUT2D eigenvalue weighted by atomic mass is 10.1. The number of non-ortho nitro benzene ring substituents is 1. The molecule has 0 radical (unpaired) electrons. The zero-order chi connectivity index (χ0) is 15.3. The van der Waals surface area contributed by atoms with Gasteiger partial charge in [0.15, 0.2) is 0 Å². The first-order valence-corrected chi connectivity index (χ1v) is 7.70. The molecule has 8 nitrogen and oxygen atoms in total. The molecule has 0 saturated heterocycles. The minimum Gasteiger partial charge on any atom is -0.478 e. The minimum atomic E-state index is -3.09. The number of benzene rings is 1. The van der Waals surface area contributed by atoms with Crippen molar-refractivity contribution in [2.45, 2.75) is 6.42 Å². The van der Waals surface area contributed by atoms with Gasteiger partial charge in [-0.1, -0.05) is 0 Å². The Labute approximate surface area is 115 Å². The second-order valence-electron chi connectivity index (χ2n) is 4.20. The molecule has 1 aromatic carbocycles. The summed E-state index contributed by atoms with van der Waals surface area (Å²) in [5.41, 5.74) is -0.240. The van der Waals surface area contributed by atoms with Crippen molar-refractivity contribution in [1.29, 1.82) is 0 Å². The van der Waals surface area contributed by atoms with Gasteiger partial charge in [-0.05, 0) is 12.5 Å². The highest BCUT2D eigenvalue weighted by atomic mass is 32.2. The van der Waals surface area contributed by atoms with Crippen LogP contribution in [0.1, 0.15) is 16.8 Å². The maximum absolute atomic E-state index is 11.0. The molecule has 0 aromatic heterocycles.